The van der Waals surface area contributed by atoms with Crippen LogP contribution in [-0.2, 0) is 9.53 Å². The Morgan fingerprint density at radius 1 is 1.18 bits per heavy atom. The first-order valence-corrected chi connectivity index (χ1v) is 9.71. The number of para-hydroxylation sites is 1. The van der Waals surface area contributed by atoms with Crippen LogP contribution in [0.1, 0.15) is 17.3 Å². The van der Waals surface area contributed by atoms with Crippen molar-refractivity contribution in [1.82, 2.24) is 14.9 Å². The molecule has 1 saturated heterocycles. The lowest BCUT2D eigenvalue weighted by Crippen LogP contribution is -2.38. The minimum atomic E-state index is -0.388. The fourth-order valence-electron chi connectivity index (χ4n) is 3.94. The molecule has 1 unspecified atom stereocenters. The zero-order valence-corrected chi connectivity index (χ0v) is 15.6. The molecule has 144 valence electrons. The topological polar surface area (TPSA) is 82.3 Å². The van der Waals surface area contributed by atoms with Gasteiger partial charge in [0.1, 0.15) is 11.7 Å². The predicted molar refractivity (Wildman–Crippen MR) is 109 cm³/mol. The van der Waals surface area contributed by atoms with E-state index in [1.54, 1.807) is 0 Å². The third-order valence-electron chi connectivity index (χ3n) is 5.43. The molecule has 2 aliphatic heterocycles. The van der Waals surface area contributed by atoms with Crippen LogP contribution in [0.15, 0.2) is 42.5 Å². The van der Waals surface area contributed by atoms with Crippen molar-refractivity contribution < 1.29 is 9.53 Å². The molecule has 0 radical (unpaired) electrons. The van der Waals surface area contributed by atoms with Gasteiger partial charge in [-0.25, -0.2) is 4.98 Å². The lowest BCUT2D eigenvalue weighted by atomic mass is 10.0. The number of fused-ring (bicyclic) bond motifs is 2. The molecule has 0 bridgehead atoms. The Morgan fingerprint density at radius 2 is 2.04 bits per heavy atom. The molecular weight excluding hydrogens is 354 g/mol. The van der Waals surface area contributed by atoms with Gasteiger partial charge in [-0.15, -0.1) is 0 Å². The maximum atomic E-state index is 12.5. The number of rotatable bonds is 5. The number of morpholine rings is 1. The lowest BCUT2D eigenvalue weighted by molar-refractivity contribution is -0.116. The average molecular weight is 377 g/mol. The summed E-state index contributed by atoms with van der Waals surface area (Å²) in [6.45, 7) is 5.51. The summed E-state index contributed by atoms with van der Waals surface area (Å²) >= 11 is 0. The minimum Gasteiger partial charge on any atom is -0.384 e. The zero-order valence-electron chi connectivity index (χ0n) is 15.6. The number of H-pyrrole nitrogens is 1. The molecule has 1 amide bonds. The Labute approximate surface area is 163 Å². The summed E-state index contributed by atoms with van der Waals surface area (Å²) in [4.78, 5) is 22.9. The number of carbonyl (C=O) groups is 1. The van der Waals surface area contributed by atoms with Crippen molar-refractivity contribution in [3.8, 4) is 0 Å². The summed E-state index contributed by atoms with van der Waals surface area (Å²) in [6, 6.07) is 13.9. The highest BCUT2D eigenvalue weighted by Crippen LogP contribution is 2.36. The third-order valence-corrected chi connectivity index (χ3v) is 5.43. The summed E-state index contributed by atoms with van der Waals surface area (Å²) < 4.78 is 5.38. The molecule has 1 aromatic heterocycles. The molecule has 0 saturated carbocycles. The van der Waals surface area contributed by atoms with Gasteiger partial charge in [0.15, 0.2) is 0 Å². The number of ether oxygens (including phenoxy) is 1. The zero-order chi connectivity index (χ0) is 18.9. The van der Waals surface area contributed by atoms with E-state index in [0.717, 1.165) is 67.4 Å². The first-order chi connectivity index (χ1) is 13.8. The largest absolute Gasteiger partial charge is 0.384 e. The highest BCUT2D eigenvalue weighted by molar-refractivity contribution is 6.04. The molecule has 28 heavy (non-hydrogen) atoms. The Kier molecular flexibility index (Phi) is 4.46. The fraction of sp³-hybridized carbons (Fsp3) is 0.333. The van der Waals surface area contributed by atoms with Gasteiger partial charge in [-0.2, -0.15) is 0 Å². The van der Waals surface area contributed by atoms with Crippen LogP contribution < -0.4 is 10.6 Å². The van der Waals surface area contributed by atoms with Gasteiger partial charge in [-0.1, -0.05) is 18.2 Å². The molecule has 7 heteroatoms. The standard InChI is InChI=1S/C21H23N5O2/c27-21-19(15-3-1-2-4-16(15)25-21)20-23-17-6-5-14(13-18(17)24-20)22-7-8-26-9-11-28-12-10-26/h1-6,13,19,22H,7-12H2,(H,23,24)(H,25,27). The Morgan fingerprint density at radius 3 is 2.93 bits per heavy atom. The number of hydrogen-bond acceptors (Lipinski definition) is 5. The van der Waals surface area contributed by atoms with Crippen LogP contribution in [0.25, 0.3) is 11.0 Å². The first-order valence-electron chi connectivity index (χ1n) is 9.71. The minimum absolute atomic E-state index is 0.0379. The highest BCUT2D eigenvalue weighted by Gasteiger charge is 2.33. The third kappa shape index (κ3) is 3.23. The van der Waals surface area contributed by atoms with Crippen molar-refractivity contribution in [3.05, 3.63) is 53.9 Å². The van der Waals surface area contributed by atoms with Gasteiger partial charge < -0.3 is 20.4 Å². The number of carbonyl (C=O) groups excluding carboxylic acids is 1. The van der Waals surface area contributed by atoms with E-state index in [1.165, 1.54) is 0 Å². The van der Waals surface area contributed by atoms with Crippen LogP contribution in [0.4, 0.5) is 11.4 Å². The van der Waals surface area contributed by atoms with Crippen molar-refractivity contribution in [2.45, 2.75) is 5.92 Å². The van der Waals surface area contributed by atoms with Crippen molar-refractivity contribution in [3.63, 3.8) is 0 Å². The van der Waals surface area contributed by atoms with Crippen LogP contribution in [0.2, 0.25) is 0 Å². The highest BCUT2D eigenvalue weighted by atomic mass is 16.5. The molecule has 2 aliphatic rings. The Hall–Kier alpha value is -2.90. The lowest BCUT2D eigenvalue weighted by Gasteiger charge is -2.26. The monoisotopic (exact) mass is 377 g/mol. The SMILES string of the molecule is O=C1Nc2ccccc2C1c1nc2ccc(NCCN3CCOCC3)cc2[nH]1. The van der Waals surface area contributed by atoms with Gasteiger partial charge in [-0.05, 0) is 29.8 Å². The molecule has 1 atom stereocenters. The number of hydrogen-bond donors (Lipinski definition) is 3. The smallest absolute Gasteiger partial charge is 0.239 e. The molecule has 1 fully saturated rings. The molecule has 3 heterocycles. The number of anilines is 2. The summed E-state index contributed by atoms with van der Waals surface area (Å²) in [5.74, 6) is 0.258. The molecule has 0 spiro atoms. The second kappa shape index (κ2) is 7.26. The molecule has 5 rings (SSSR count). The van der Waals surface area contributed by atoms with E-state index in [1.807, 2.05) is 36.4 Å². The van der Waals surface area contributed by atoms with Gasteiger partial charge in [-0.3, -0.25) is 9.69 Å². The summed E-state index contributed by atoms with van der Waals surface area (Å²) in [7, 11) is 0. The maximum absolute atomic E-state index is 12.5. The van der Waals surface area contributed by atoms with Crippen molar-refractivity contribution in [2.24, 2.45) is 0 Å². The number of imidazole rings is 1. The normalized spacial score (nSPS) is 19.6. The van der Waals surface area contributed by atoms with E-state index < -0.39 is 0 Å². The predicted octanol–water partition coefficient (Wildman–Crippen LogP) is 2.39. The van der Waals surface area contributed by atoms with Gasteiger partial charge in [0.2, 0.25) is 5.91 Å². The molecule has 7 nitrogen and oxygen atoms in total. The van der Waals surface area contributed by atoms with E-state index in [9.17, 15) is 4.79 Å². The number of amides is 1. The molecule has 2 aromatic carbocycles. The molecule has 3 N–H and O–H groups in total. The molecule has 0 aliphatic carbocycles. The Bertz CT molecular complexity index is 1010. The number of benzene rings is 2. The Balaban J connectivity index is 1.32. The second-order valence-corrected chi connectivity index (χ2v) is 7.24. The van der Waals surface area contributed by atoms with E-state index in [0.29, 0.717) is 5.82 Å². The summed E-state index contributed by atoms with van der Waals surface area (Å²) in [5.41, 5.74) is 4.68. The summed E-state index contributed by atoms with van der Waals surface area (Å²) in [6.07, 6.45) is 0. The fourth-order valence-corrected chi connectivity index (χ4v) is 3.94. The van der Waals surface area contributed by atoms with E-state index in [4.69, 9.17) is 4.74 Å². The second-order valence-electron chi connectivity index (χ2n) is 7.24. The van der Waals surface area contributed by atoms with Gasteiger partial charge in [0, 0.05) is 37.6 Å². The van der Waals surface area contributed by atoms with Crippen molar-refractivity contribution in [1.29, 1.82) is 0 Å². The van der Waals surface area contributed by atoms with Gasteiger partial charge in [0.25, 0.3) is 0 Å². The van der Waals surface area contributed by atoms with Crippen LogP contribution in [0.3, 0.4) is 0 Å². The van der Waals surface area contributed by atoms with E-state index >= 15 is 0 Å². The van der Waals surface area contributed by atoms with E-state index in [2.05, 4.69) is 31.6 Å². The number of aromatic nitrogens is 2. The van der Waals surface area contributed by atoms with Crippen LogP contribution in [0, 0.1) is 0 Å². The number of nitrogens with zero attached hydrogens (tertiary/aromatic N) is 2. The van der Waals surface area contributed by atoms with Gasteiger partial charge in [0.05, 0.1) is 24.2 Å². The maximum Gasteiger partial charge on any atom is 0.239 e. The summed E-state index contributed by atoms with van der Waals surface area (Å²) in [5, 5.41) is 6.41. The van der Waals surface area contributed by atoms with E-state index in [-0.39, 0.29) is 11.8 Å². The molecule has 3 aromatic rings. The van der Waals surface area contributed by atoms with Crippen LogP contribution in [-0.4, -0.2) is 60.2 Å². The average Bonchev–Trinajstić information content (AvgIpc) is 3.27. The van der Waals surface area contributed by atoms with Crippen molar-refractivity contribution >= 4 is 28.3 Å². The van der Waals surface area contributed by atoms with Crippen LogP contribution in [0.5, 0.6) is 0 Å². The van der Waals surface area contributed by atoms with Crippen LogP contribution >= 0.6 is 0 Å². The van der Waals surface area contributed by atoms with Gasteiger partial charge >= 0.3 is 0 Å². The quantitative estimate of drug-likeness (QED) is 0.636. The number of aromatic amines is 1. The first kappa shape index (κ1) is 17.2. The molecular formula is C21H23N5O2. The number of nitrogens with one attached hydrogen (secondary N) is 3. The van der Waals surface area contributed by atoms with Crippen molar-refractivity contribution in [2.75, 3.05) is 50.0 Å².